The minimum absolute atomic E-state index is 0.0795. The summed E-state index contributed by atoms with van der Waals surface area (Å²) < 4.78 is 20.3. The van der Waals surface area contributed by atoms with Crippen LogP contribution in [0.5, 0.6) is 0 Å². The molecule has 2 heteroatoms. The molecule has 0 N–H and O–H groups in total. The summed E-state index contributed by atoms with van der Waals surface area (Å²) in [4.78, 5) is 0. The van der Waals surface area contributed by atoms with E-state index >= 15 is 0 Å². The largest absolute Gasteiger partial charge is 0.384 e. The van der Waals surface area contributed by atoms with Crippen LogP contribution in [-0.2, 0) is 11.2 Å². The van der Waals surface area contributed by atoms with Gasteiger partial charge in [0.05, 0.1) is 0 Å². The van der Waals surface area contributed by atoms with Crippen LogP contribution in [0.15, 0.2) is 42.5 Å². The van der Waals surface area contributed by atoms with Gasteiger partial charge in [-0.2, -0.15) is 0 Å². The van der Waals surface area contributed by atoms with Crippen LogP contribution in [0.1, 0.15) is 94.6 Å². The maximum atomic E-state index is 15.0. The zero-order valence-electron chi connectivity index (χ0n) is 20.8. The summed E-state index contributed by atoms with van der Waals surface area (Å²) in [6.07, 6.45) is 15.3. The summed E-state index contributed by atoms with van der Waals surface area (Å²) in [5.41, 5.74) is 4.30. The second kappa shape index (κ2) is 12.2. The molecule has 2 aliphatic rings. The van der Waals surface area contributed by atoms with E-state index in [1.807, 2.05) is 6.07 Å². The SMILES string of the molecule is CCCC1CCC(c2ccc(-c3ccc(CCC4CCC(COC)CC4)cc3F)cc2)CC1. The van der Waals surface area contributed by atoms with E-state index in [0.29, 0.717) is 5.92 Å². The average molecular weight is 451 g/mol. The standard InChI is InChI=1S/C31H43FO/c1-3-4-23-11-14-27(15-12-23)28-16-18-29(19-17-28)30-20-13-25(21-31(30)32)8-5-24-6-9-26(10-7-24)22-33-2/h13,16-21,23-24,26-27H,3-12,14-15,22H2,1-2H3. The summed E-state index contributed by atoms with van der Waals surface area (Å²) in [5, 5.41) is 0. The highest BCUT2D eigenvalue weighted by Crippen LogP contribution is 2.38. The molecule has 4 rings (SSSR count). The van der Waals surface area contributed by atoms with Crippen molar-refractivity contribution >= 4 is 0 Å². The molecule has 0 aliphatic heterocycles. The highest BCUT2D eigenvalue weighted by Gasteiger charge is 2.22. The van der Waals surface area contributed by atoms with Crippen LogP contribution in [0.25, 0.3) is 11.1 Å². The molecule has 2 aliphatic carbocycles. The molecule has 180 valence electrons. The summed E-state index contributed by atoms with van der Waals surface area (Å²) in [5.74, 6) is 3.06. The maximum absolute atomic E-state index is 15.0. The van der Waals surface area contributed by atoms with Gasteiger partial charge in [0.15, 0.2) is 0 Å². The Balaban J connectivity index is 1.30. The van der Waals surface area contributed by atoms with Gasteiger partial charge < -0.3 is 4.74 Å². The Kier molecular flexibility index (Phi) is 9.01. The molecule has 1 nitrogen and oxygen atoms in total. The van der Waals surface area contributed by atoms with E-state index in [1.165, 1.54) is 76.2 Å². The molecule has 0 heterocycles. The minimum atomic E-state index is -0.0795. The monoisotopic (exact) mass is 450 g/mol. The Morgan fingerprint density at radius 2 is 1.42 bits per heavy atom. The van der Waals surface area contributed by atoms with Crippen molar-refractivity contribution in [3.63, 3.8) is 0 Å². The van der Waals surface area contributed by atoms with Crippen molar-refractivity contribution in [2.45, 2.75) is 89.9 Å². The van der Waals surface area contributed by atoms with Crippen LogP contribution < -0.4 is 0 Å². The topological polar surface area (TPSA) is 9.23 Å². The Labute approximate surface area is 201 Å². The molecule has 33 heavy (non-hydrogen) atoms. The van der Waals surface area contributed by atoms with Gasteiger partial charge in [-0.05, 0) is 97.8 Å². The Bertz CT molecular complexity index is 842. The van der Waals surface area contributed by atoms with Crippen LogP contribution in [0.4, 0.5) is 4.39 Å². The first kappa shape index (κ1) is 24.5. The summed E-state index contributed by atoms with van der Waals surface area (Å²) in [6.45, 7) is 3.20. The van der Waals surface area contributed by atoms with Gasteiger partial charge >= 0.3 is 0 Å². The second-order valence-corrected chi connectivity index (χ2v) is 10.8. The summed E-state index contributed by atoms with van der Waals surface area (Å²) in [7, 11) is 1.80. The molecule has 2 fully saturated rings. The van der Waals surface area contributed by atoms with Gasteiger partial charge in [0.25, 0.3) is 0 Å². The zero-order valence-corrected chi connectivity index (χ0v) is 20.8. The number of aryl methyl sites for hydroxylation is 1. The Morgan fingerprint density at radius 3 is 2.06 bits per heavy atom. The molecular formula is C31H43FO. The van der Waals surface area contributed by atoms with Crippen molar-refractivity contribution in [2.75, 3.05) is 13.7 Å². The lowest BCUT2D eigenvalue weighted by molar-refractivity contribution is 0.117. The number of methoxy groups -OCH3 is 1. The van der Waals surface area contributed by atoms with Crippen molar-refractivity contribution in [2.24, 2.45) is 17.8 Å². The molecule has 0 atom stereocenters. The predicted octanol–water partition coefficient (Wildman–Crippen LogP) is 8.95. The van der Waals surface area contributed by atoms with Crippen molar-refractivity contribution in [3.8, 4) is 11.1 Å². The number of rotatable bonds is 9. The van der Waals surface area contributed by atoms with Crippen LogP contribution in [0, 0.1) is 23.6 Å². The summed E-state index contributed by atoms with van der Waals surface area (Å²) in [6, 6.07) is 14.6. The Hall–Kier alpha value is -1.67. The smallest absolute Gasteiger partial charge is 0.131 e. The lowest BCUT2D eigenvalue weighted by Gasteiger charge is -2.28. The highest BCUT2D eigenvalue weighted by atomic mass is 19.1. The second-order valence-electron chi connectivity index (χ2n) is 10.8. The fourth-order valence-electron chi connectivity index (χ4n) is 6.37. The van der Waals surface area contributed by atoms with Crippen LogP contribution in [0.3, 0.4) is 0 Å². The molecule has 0 amide bonds. The predicted molar refractivity (Wildman–Crippen MR) is 137 cm³/mol. The van der Waals surface area contributed by atoms with E-state index in [0.717, 1.165) is 47.5 Å². The number of halogens is 1. The number of benzene rings is 2. The first-order valence-corrected chi connectivity index (χ1v) is 13.5. The third kappa shape index (κ3) is 6.69. The zero-order chi connectivity index (χ0) is 23.0. The van der Waals surface area contributed by atoms with E-state index in [9.17, 15) is 4.39 Å². The number of ether oxygens (including phenoxy) is 1. The van der Waals surface area contributed by atoms with Gasteiger partial charge in [-0.1, -0.05) is 69.0 Å². The lowest BCUT2D eigenvalue weighted by Crippen LogP contribution is -2.18. The molecular weight excluding hydrogens is 407 g/mol. The normalized spacial score (nSPS) is 25.8. The minimum Gasteiger partial charge on any atom is -0.384 e. The van der Waals surface area contributed by atoms with E-state index in [1.54, 1.807) is 13.2 Å². The maximum Gasteiger partial charge on any atom is 0.131 e. The molecule has 2 aromatic carbocycles. The van der Waals surface area contributed by atoms with Crippen LogP contribution in [0.2, 0.25) is 0 Å². The summed E-state index contributed by atoms with van der Waals surface area (Å²) >= 11 is 0. The van der Waals surface area contributed by atoms with E-state index < -0.39 is 0 Å². The molecule has 2 saturated carbocycles. The van der Waals surface area contributed by atoms with Gasteiger partial charge in [-0.25, -0.2) is 4.39 Å². The molecule has 2 aromatic rings. The van der Waals surface area contributed by atoms with Gasteiger partial charge in [-0.15, -0.1) is 0 Å². The lowest BCUT2D eigenvalue weighted by atomic mass is 9.77. The fraction of sp³-hybridized carbons (Fsp3) is 0.613. The average Bonchev–Trinajstić information content (AvgIpc) is 2.85. The highest BCUT2D eigenvalue weighted by molar-refractivity contribution is 5.65. The fourth-order valence-corrected chi connectivity index (χ4v) is 6.37. The van der Waals surface area contributed by atoms with Crippen LogP contribution >= 0.6 is 0 Å². The van der Waals surface area contributed by atoms with Crippen molar-refractivity contribution in [3.05, 3.63) is 59.4 Å². The Morgan fingerprint density at radius 1 is 0.788 bits per heavy atom. The van der Waals surface area contributed by atoms with Gasteiger partial charge in [-0.3, -0.25) is 0 Å². The molecule has 0 spiro atoms. The molecule has 0 saturated heterocycles. The van der Waals surface area contributed by atoms with Gasteiger partial charge in [0, 0.05) is 19.3 Å². The van der Waals surface area contributed by atoms with Gasteiger partial charge in [0.1, 0.15) is 5.82 Å². The van der Waals surface area contributed by atoms with Crippen LogP contribution in [-0.4, -0.2) is 13.7 Å². The van der Waals surface area contributed by atoms with E-state index in [-0.39, 0.29) is 5.82 Å². The van der Waals surface area contributed by atoms with Crippen molar-refractivity contribution in [1.29, 1.82) is 0 Å². The quantitative estimate of drug-likeness (QED) is 0.370. The number of hydrogen-bond donors (Lipinski definition) is 0. The molecule has 0 radical (unpaired) electrons. The molecule has 0 unspecified atom stereocenters. The van der Waals surface area contributed by atoms with Crippen molar-refractivity contribution < 1.29 is 9.13 Å². The first-order valence-electron chi connectivity index (χ1n) is 13.5. The van der Waals surface area contributed by atoms with Crippen molar-refractivity contribution in [1.82, 2.24) is 0 Å². The van der Waals surface area contributed by atoms with Gasteiger partial charge in [0.2, 0.25) is 0 Å². The third-order valence-electron chi connectivity index (χ3n) is 8.48. The van der Waals surface area contributed by atoms with E-state index in [4.69, 9.17) is 4.74 Å². The molecule has 0 bridgehead atoms. The third-order valence-corrected chi connectivity index (χ3v) is 8.48. The molecule has 0 aromatic heterocycles. The first-order chi connectivity index (χ1) is 16.2. The number of hydrogen-bond acceptors (Lipinski definition) is 1. The van der Waals surface area contributed by atoms with E-state index in [2.05, 4.69) is 37.3 Å².